The van der Waals surface area contributed by atoms with E-state index in [1.165, 1.54) is 12.1 Å². The lowest BCUT2D eigenvalue weighted by Gasteiger charge is -2.19. The highest BCUT2D eigenvalue weighted by atomic mass is 32.2. The van der Waals surface area contributed by atoms with Crippen LogP contribution in [-0.2, 0) is 14.8 Å². The van der Waals surface area contributed by atoms with Crippen LogP contribution in [0.3, 0.4) is 0 Å². The molecule has 0 aliphatic rings. The van der Waals surface area contributed by atoms with Crippen molar-refractivity contribution >= 4 is 38.9 Å². The molecule has 0 saturated carbocycles. The molecule has 0 saturated heterocycles. The third-order valence-electron chi connectivity index (χ3n) is 5.16. The van der Waals surface area contributed by atoms with E-state index in [1.54, 1.807) is 12.1 Å². The van der Waals surface area contributed by atoms with E-state index in [1.807, 2.05) is 74.5 Å². The molecule has 1 unspecified atom stereocenters. The summed E-state index contributed by atoms with van der Waals surface area (Å²) in [7, 11) is -3.59. The number of thiocarbonyl (C=S) groups is 1. The van der Waals surface area contributed by atoms with Crippen LogP contribution in [0.25, 0.3) is 0 Å². The first-order valence-corrected chi connectivity index (χ1v) is 12.5. The van der Waals surface area contributed by atoms with E-state index >= 15 is 0 Å². The largest absolute Gasteiger partial charge is 0.332 e. The van der Waals surface area contributed by atoms with E-state index in [-0.39, 0.29) is 22.0 Å². The standard InChI is InChI=1S/C25H27N3O3S2/c1-3-18(2)28-33(30,31)22-16-14-21(15-17-22)26-25(32)27-24(29)23(19-10-6-4-7-11-19)20-12-8-5-9-13-20/h4-18,23,28H,3H2,1-2H3,(H2,26,27,29,32). The van der Waals surface area contributed by atoms with E-state index in [0.717, 1.165) is 11.1 Å². The van der Waals surface area contributed by atoms with Crippen LogP contribution in [0.5, 0.6) is 0 Å². The molecule has 0 bridgehead atoms. The molecule has 0 radical (unpaired) electrons. The first-order valence-electron chi connectivity index (χ1n) is 10.6. The van der Waals surface area contributed by atoms with Gasteiger partial charge in [0, 0.05) is 11.7 Å². The van der Waals surface area contributed by atoms with Gasteiger partial charge in [-0.15, -0.1) is 0 Å². The van der Waals surface area contributed by atoms with E-state index < -0.39 is 15.9 Å². The number of sulfonamides is 1. The van der Waals surface area contributed by atoms with Crippen molar-refractivity contribution in [2.45, 2.75) is 37.1 Å². The lowest BCUT2D eigenvalue weighted by Crippen LogP contribution is -2.37. The topological polar surface area (TPSA) is 87.3 Å². The molecule has 3 rings (SSSR count). The van der Waals surface area contributed by atoms with Crippen molar-refractivity contribution < 1.29 is 13.2 Å². The highest BCUT2D eigenvalue weighted by Gasteiger charge is 2.23. The van der Waals surface area contributed by atoms with Gasteiger partial charge in [0.1, 0.15) is 0 Å². The molecule has 172 valence electrons. The van der Waals surface area contributed by atoms with Crippen LogP contribution >= 0.6 is 12.2 Å². The number of nitrogens with one attached hydrogen (secondary N) is 3. The molecule has 33 heavy (non-hydrogen) atoms. The minimum absolute atomic E-state index is 0.130. The molecule has 0 aliphatic carbocycles. The molecule has 3 N–H and O–H groups in total. The predicted octanol–water partition coefficient (Wildman–Crippen LogP) is 4.41. The van der Waals surface area contributed by atoms with Gasteiger partial charge in [0.25, 0.3) is 0 Å². The minimum atomic E-state index is -3.59. The van der Waals surface area contributed by atoms with E-state index in [2.05, 4.69) is 15.4 Å². The molecule has 3 aromatic rings. The molecule has 1 atom stereocenters. The predicted molar refractivity (Wildman–Crippen MR) is 136 cm³/mol. The van der Waals surface area contributed by atoms with Crippen molar-refractivity contribution in [3.63, 3.8) is 0 Å². The van der Waals surface area contributed by atoms with E-state index in [9.17, 15) is 13.2 Å². The Morgan fingerprint density at radius 3 is 1.88 bits per heavy atom. The Kier molecular flexibility index (Phi) is 8.32. The number of carbonyl (C=O) groups is 1. The van der Waals surface area contributed by atoms with Crippen molar-refractivity contribution in [3.8, 4) is 0 Å². The van der Waals surface area contributed by atoms with Crippen molar-refractivity contribution in [1.82, 2.24) is 10.0 Å². The zero-order valence-corrected chi connectivity index (χ0v) is 20.1. The van der Waals surface area contributed by atoms with Crippen molar-refractivity contribution in [1.29, 1.82) is 0 Å². The second-order valence-electron chi connectivity index (χ2n) is 7.65. The van der Waals surface area contributed by atoms with Gasteiger partial charge in [-0.3, -0.25) is 4.79 Å². The quantitative estimate of drug-likeness (QED) is 0.415. The lowest BCUT2D eigenvalue weighted by atomic mass is 9.90. The molecular weight excluding hydrogens is 454 g/mol. The summed E-state index contributed by atoms with van der Waals surface area (Å²) in [4.78, 5) is 13.3. The first-order chi connectivity index (χ1) is 15.8. The summed E-state index contributed by atoms with van der Waals surface area (Å²) in [6.45, 7) is 3.72. The second-order valence-corrected chi connectivity index (χ2v) is 9.77. The Bertz CT molecular complexity index is 1140. The van der Waals surface area contributed by atoms with Crippen molar-refractivity contribution in [3.05, 3.63) is 96.1 Å². The molecule has 1 amide bonds. The molecule has 0 aliphatic heterocycles. The van der Waals surface area contributed by atoms with Gasteiger partial charge in [0.2, 0.25) is 15.9 Å². The Morgan fingerprint density at radius 1 is 0.879 bits per heavy atom. The van der Waals surface area contributed by atoms with Crippen LogP contribution in [0.4, 0.5) is 5.69 Å². The summed E-state index contributed by atoms with van der Waals surface area (Å²) in [5, 5.41) is 5.83. The third kappa shape index (κ3) is 6.71. The van der Waals surface area contributed by atoms with Gasteiger partial charge in [-0.1, -0.05) is 67.6 Å². The number of anilines is 1. The number of benzene rings is 3. The summed E-state index contributed by atoms with van der Waals surface area (Å²) in [5.74, 6) is -0.784. The number of rotatable bonds is 8. The van der Waals surface area contributed by atoms with Crippen molar-refractivity contribution in [2.75, 3.05) is 5.32 Å². The van der Waals surface area contributed by atoms with Gasteiger partial charge < -0.3 is 10.6 Å². The number of hydrogen-bond acceptors (Lipinski definition) is 4. The SMILES string of the molecule is CCC(C)NS(=O)(=O)c1ccc(NC(=S)NC(=O)C(c2ccccc2)c2ccccc2)cc1. The number of amides is 1. The van der Waals surface area contributed by atoms with E-state index in [0.29, 0.717) is 12.1 Å². The molecule has 8 heteroatoms. The van der Waals surface area contributed by atoms with E-state index in [4.69, 9.17) is 12.2 Å². The molecule has 0 aromatic heterocycles. The maximum Gasteiger partial charge on any atom is 0.240 e. The van der Waals surface area contributed by atoms with Crippen LogP contribution < -0.4 is 15.4 Å². The summed E-state index contributed by atoms with van der Waals surface area (Å²) in [6, 6.07) is 25.0. The second kappa shape index (κ2) is 11.2. The maximum atomic E-state index is 13.1. The molecule has 0 spiro atoms. The minimum Gasteiger partial charge on any atom is -0.332 e. The molecular formula is C25H27N3O3S2. The molecule has 6 nitrogen and oxygen atoms in total. The zero-order valence-electron chi connectivity index (χ0n) is 18.5. The van der Waals surface area contributed by atoms with Crippen LogP contribution in [-0.4, -0.2) is 25.5 Å². The summed E-state index contributed by atoms with van der Waals surface area (Å²) in [6.07, 6.45) is 0.694. The third-order valence-corrected chi connectivity index (χ3v) is 6.97. The van der Waals surface area contributed by atoms with Gasteiger partial charge in [0.05, 0.1) is 10.8 Å². The highest BCUT2D eigenvalue weighted by Crippen LogP contribution is 2.25. The Labute approximate surface area is 200 Å². The van der Waals surface area contributed by atoms with Crippen LogP contribution in [0.15, 0.2) is 89.8 Å². The van der Waals surface area contributed by atoms with Crippen LogP contribution in [0.1, 0.15) is 37.3 Å². The van der Waals surface area contributed by atoms with Crippen LogP contribution in [0, 0.1) is 0 Å². The summed E-state index contributed by atoms with van der Waals surface area (Å²) < 4.78 is 27.4. The van der Waals surface area contributed by atoms with Gasteiger partial charge in [0.15, 0.2) is 5.11 Å². The molecule has 0 fully saturated rings. The zero-order chi connectivity index (χ0) is 23.8. The fourth-order valence-corrected chi connectivity index (χ4v) is 4.81. The summed E-state index contributed by atoms with van der Waals surface area (Å²) in [5.41, 5.74) is 2.28. The van der Waals surface area contributed by atoms with Crippen molar-refractivity contribution in [2.24, 2.45) is 0 Å². The Morgan fingerprint density at radius 2 is 1.39 bits per heavy atom. The lowest BCUT2D eigenvalue weighted by molar-refractivity contribution is -0.120. The fraction of sp³-hybridized carbons (Fsp3) is 0.200. The van der Waals surface area contributed by atoms with Gasteiger partial charge in [-0.2, -0.15) is 0 Å². The monoisotopic (exact) mass is 481 g/mol. The van der Waals surface area contributed by atoms with Gasteiger partial charge in [-0.05, 0) is 61.0 Å². The smallest absolute Gasteiger partial charge is 0.240 e. The average molecular weight is 482 g/mol. The number of hydrogen-bond donors (Lipinski definition) is 3. The van der Waals surface area contributed by atoms with Gasteiger partial charge in [-0.25, -0.2) is 13.1 Å². The number of carbonyl (C=O) groups excluding carboxylic acids is 1. The molecule has 0 heterocycles. The average Bonchev–Trinajstić information content (AvgIpc) is 2.80. The van der Waals surface area contributed by atoms with Crippen LogP contribution in [0.2, 0.25) is 0 Å². The highest BCUT2D eigenvalue weighted by molar-refractivity contribution is 7.89. The summed E-state index contributed by atoms with van der Waals surface area (Å²) >= 11 is 5.34. The Hall–Kier alpha value is -3.07. The first kappa shape index (κ1) is 24.6. The van der Waals surface area contributed by atoms with Gasteiger partial charge >= 0.3 is 0 Å². The fourth-order valence-electron chi connectivity index (χ4n) is 3.27. The molecule has 3 aromatic carbocycles. The Balaban J connectivity index is 1.70. The normalized spacial score (nSPS) is 12.2. The maximum absolute atomic E-state index is 13.1.